The van der Waals surface area contributed by atoms with Gasteiger partial charge in [-0.3, -0.25) is 10.8 Å². The average Bonchev–Trinajstić information content (AvgIpc) is 1.81. The van der Waals surface area contributed by atoms with E-state index in [9.17, 15) is 13.2 Å². The largest absolute Gasteiger partial charge is 0.412 e. The lowest BCUT2D eigenvalue weighted by Crippen LogP contribution is -2.19. The van der Waals surface area contributed by atoms with Crippen LogP contribution >= 0.6 is 0 Å². The van der Waals surface area contributed by atoms with Gasteiger partial charge in [0.2, 0.25) is 0 Å². The van der Waals surface area contributed by atoms with E-state index < -0.39 is 24.5 Å². The van der Waals surface area contributed by atoms with Crippen molar-refractivity contribution in [3.8, 4) is 0 Å². The van der Waals surface area contributed by atoms with Crippen LogP contribution in [0.5, 0.6) is 0 Å². The van der Waals surface area contributed by atoms with Gasteiger partial charge in [0, 0.05) is 12.8 Å². The monoisotopic (exact) mass is 197 g/mol. The summed E-state index contributed by atoms with van der Waals surface area (Å²) in [5.74, 6) is -0.420. The van der Waals surface area contributed by atoms with E-state index in [1.54, 1.807) is 0 Å². The quantitative estimate of drug-likeness (QED) is 0.474. The van der Waals surface area contributed by atoms with Crippen molar-refractivity contribution < 1.29 is 17.9 Å². The minimum Gasteiger partial charge on any atom is -0.412 e. The van der Waals surface area contributed by atoms with Crippen LogP contribution in [0.25, 0.3) is 0 Å². The van der Waals surface area contributed by atoms with Crippen molar-refractivity contribution >= 4 is 11.9 Å². The summed E-state index contributed by atoms with van der Waals surface area (Å²) < 4.78 is 39.0. The van der Waals surface area contributed by atoms with Gasteiger partial charge in [-0.15, -0.1) is 0 Å². The first-order valence-electron chi connectivity index (χ1n) is 3.47. The van der Waals surface area contributed by atoms with E-state index in [4.69, 9.17) is 16.6 Å². The van der Waals surface area contributed by atoms with Gasteiger partial charge in [-0.1, -0.05) is 0 Å². The number of rotatable bonds is 3. The molecule has 7 heteroatoms. The van der Waals surface area contributed by atoms with Crippen LogP contribution in [0.1, 0.15) is 19.3 Å². The molecule has 0 saturated heterocycles. The summed E-state index contributed by atoms with van der Waals surface area (Å²) in [7, 11) is 0. The Hall–Kier alpha value is -1.27. The second kappa shape index (κ2) is 4.68. The standard InChI is InChI=1S/C6H10F3N3O/c7-6(8,9)3-1-2-4(10)13-5(11)12/h10H,1-3H2,(H3,11,12). The van der Waals surface area contributed by atoms with Crippen molar-refractivity contribution in [3.63, 3.8) is 0 Å². The highest BCUT2D eigenvalue weighted by atomic mass is 19.4. The predicted octanol–water partition coefficient (Wildman–Crippen LogP) is 1.61. The first-order chi connectivity index (χ1) is 5.81. The molecular formula is C6H10F3N3O. The molecule has 0 saturated carbocycles. The van der Waals surface area contributed by atoms with Crippen molar-refractivity contribution in [1.82, 2.24) is 0 Å². The van der Waals surface area contributed by atoms with Crippen LogP contribution < -0.4 is 5.73 Å². The lowest BCUT2D eigenvalue weighted by molar-refractivity contribution is -0.135. The zero-order valence-corrected chi connectivity index (χ0v) is 6.74. The van der Waals surface area contributed by atoms with Crippen LogP contribution in [0.2, 0.25) is 0 Å². The predicted molar refractivity (Wildman–Crippen MR) is 40.6 cm³/mol. The highest BCUT2D eigenvalue weighted by Gasteiger charge is 2.26. The van der Waals surface area contributed by atoms with Crippen LogP contribution in [0, 0.1) is 10.8 Å². The second-order valence-electron chi connectivity index (χ2n) is 2.36. The topological polar surface area (TPSA) is 83.0 Å². The summed E-state index contributed by atoms with van der Waals surface area (Å²) in [6, 6.07) is -0.683. The van der Waals surface area contributed by atoms with Gasteiger partial charge in [0.25, 0.3) is 6.02 Å². The summed E-state index contributed by atoms with van der Waals surface area (Å²) in [6.07, 6.45) is -5.57. The average molecular weight is 197 g/mol. The van der Waals surface area contributed by atoms with E-state index in [-0.39, 0.29) is 12.8 Å². The number of halogens is 3. The van der Waals surface area contributed by atoms with E-state index in [1.807, 2.05) is 0 Å². The third-order valence-electron chi connectivity index (χ3n) is 1.10. The maximum absolute atomic E-state index is 11.6. The fourth-order valence-corrected chi connectivity index (χ4v) is 0.633. The van der Waals surface area contributed by atoms with Crippen molar-refractivity contribution in [1.29, 1.82) is 10.8 Å². The molecule has 0 unspecified atom stereocenters. The molecule has 0 aromatic rings. The van der Waals surface area contributed by atoms with Gasteiger partial charge < -0.3 is 10.5 Å². The Morgan fingerprint density at radius 1 is 1.31 bits per heavy atom. The highest BCUT2D eigenvalue weighted by Crippen LogP contribution is 2.22. The van der Waals surface area contributed by atoms with Gasteiger partial charge in [0.1, 0.15) is 0 Å². The van der Waals surface area contributed by atoms with Gasteiger partial charge in [-0.05, 0) is 6.42 Å². The molecule has 0 atom stereocenters. The van der Waals surface area contributed by atoms with Gasteiger partial charge in [-0.25, -0.2) is 0 Å². The smallest absolute Gasteiger partial charge is 0.389 e. The van der Waals surface area contributed by atoms with Crippen LogP contribution in [0.15, 0.2) is 0 Å². The zero-order chi connectivity index (χ0) is 10.5. The molecular weight excluding hydrogens is 187 g/mol. The fraction of sp³-hybridized carbons (Fsp3) is 0.667. The van der Waals surface area contributed by atoms with Gasteiger partial charge in [0.05, 0.1) is 0 Å². The van der Waals surface area contributed by atoms with Crippen molar-refractivity contribution in [3.05, 3.63) is 0 Å². The summed E-state index contributed by atoms with van der Waals surface area (Å²) >= 11 is 0. The number of hydrogen-bond acceptors (Lipinski definition) is 3. The van der Waals surface area contributed by atoms with Gasteiger partial charge in [0.15, 0.2) is 5.90 Å². The molecule has 0 aliphatic carbocycles. The molecule has 0 aliphatic rings. The Kier molecular flexibility index (Phi) is 4.22. The first kappa shape index (κ1) is 11.7. The molecule has 0 heterocycles. The molecule has 0 aliphatic heterocycles. The Labute approximate surface area is 72.9 Å². The number of amidine groups is 1. The van der Waals surface area contributed by atoms with Crippen LogP contribution in [0.3, 0.4) is 0 Å². The molecule has 0 spiro atoms. The molecule has 0 bridgehead atoms. The van der Waals surface area contributed by atoms with Crippen LogP contribution in [-0.4, -0.2) is 18.1 Å². The molecule has 13 heavy (non-hydrogen) atoms. The van der Waals surface area contributed by atoms with Crippen molar-refractivity contribution in [2.75, 3.05) is 0 Å². The minimum absolute atomic E-state index is 0.168. The third-order valence-corrected chi connectivity index (χ3v) is 1.10. The van der Waals surface area contributed by atoms with Crippen LogP contribution in [0.4, 0.5) is 13.2 Å². The molecule has 4 nitrogen and oxygen atoms in total. The van der Waals surface area contributed by atoms with Gasteiger partial charge in [-0.2, -0.15) is 13.2 Å². The third kappa shape index (κ3) is 8.64. The maximum atomic E-state index is 11.6. The Bertz CT molecular complexity index is 202. The summed E-state index contributed by atoms with van der Waals surface area (Å²) in [5.41, 5.74) is 4.75. The molecule has 76 valence electrons. The van der Waals surface area contributed by atoms with Crippen molar-refractivity contribution in [2.24, 2.45) is 5.73 Å². The SMILES string of the molecule is N=C(N)OC(=N)CCCC(F)(F)F. The molecule has 0 aromatic carbocycles. The molecule has 0 amide bonds. The molecule has 4 N–H and O–H groups in total. The number of nitrogens with two attached hydrogens (primary N) is 1. The molecule has 0 aromatic heterocycles. The number of ether oxygens (including phenoxy) is 1. The van der Waals surface area contributed by atoms with Crippen LogP contribution in [-0.2, 0) is 4.74 Å². The Morgan fingerprint density at radius 2 is 1.85 bits per heavy atom. The number of hydrogen-bond donors (Lipinski definition) is 3. The molecule has 0 radical (unpaired) electrons. The summed E-state index contributed by atoms with van der Waals surface area (Å²) in [4.78, 5) is 0. The first-order valence-corrected chi connectivity index (χ1v) is 3.47. The zero-order valence-electron chi connectivity index (χ0n) is 6.74. The fourth-order valence-electron chi connectivity index (χ4n) is 0.633. The second-order valence-corrected chi connectivity index (χ2v) is 2.36. The van der Waals surface area contributed by atoms with E-state index in [0.29, 0.717) is 0 Å². The Morgan fingerprint density at radius 3 is 2.23 bits per heavy atom. The summed E-state index contributed by atoms with van der Waals surface area (Å²) in [6.45, 7) is 0. The van der Waals surface area contributed by atoms with Crippen molar-refractivity contribution in [2.45, 2.75) is 25.4 Å². The lowest BCUT2D eigenvalue weighted by Gasteiger charge is -2.06. The normalized spacial score (nSPS) is 11.0. The molecule has 0 rings (SSSR count). The maximum Gasteiger partial charge on any atom is 0.389 e. The molecule has 0 fully saturated rings. The Balaban J connectivity index is 3.54. The van der Waals surface area contributed by atoms with E-state index in [0.717, 1.165) is 0 Å². The number of nitrogens with one attached hydrogen (secondary N) is 2. The van der Waals surface area contributed by atoms with E-state index in [1.165, 1.54) is 0 Å². The lowest BCUT2D eigenvalue weighted by atomic mass is 10.2. The van der Waals surface area contributed by atoms with E-state index in [2.05, 4.69) is 4.74 Å². The summed E-state index contributed by atoms with van der Waals surface area (Å²) in [5, 5.41) is 13.5. The highest BCUT2D eigenvalue weighted by molar-refractivity contribution is 5.86. The minimum atomic E-state index is -4.21. The van der Waals surface area contributed by atoms with Gasteiger partial charge >= 0.3 is 6.18 Å². The number of alkyl halides is 3. The van der Waals surface area contributed by atoms with E-state index >= 15 is 0 Å².